The molecule has 6 nitrogen and oxygen atoms in total. The Morgan fingerprint density at radius 2 is 2.03 bits per heavy atom. The van der Waals surface area contributed by atoms with Crippen LogP contribution in [-0.4, -0.2) is 50.2 Å². The Balaban J connectivity index is 1.36. The van der Waals surface area contributed by atoms with Crippen LogP contribution in [-0.2, 0) is 24.8 Å². The zero-order valence-electron chi connectivity index (χ0n) is 19.6. The van der Waals surface area contributed by atoms with E-state index in [1.54, 1.807) is 6.07 Å². The molecule has 9 rings (SSSR count). The van der Waals surface area contributed by atoms with Crippen molar-refractivity contribution < 1.29 is 19.7 Å². The summed E-state index contributed by atoms with van der Waals surface area (Å²) in [6.07, 6.45) is 4.86. The van der Waals surface area contributed by atoms with Gasteiger partial charge in [-0.1, -0.05) is 18.2 Å². The van der Waals surface area contributed by atoms with Crippen molar-refractivity contribution >= 4 is 16.7 Å². The second kappa shape index (κ2) is 5.93. The molecule has 2 N–H and O–H groups in total. The Kier molecular flexibility index (Phi) is 3.28. The lowest BCUT2D eigenvalue weighted by molar-refractivity contribution is -0.173. The number of likely N-dealkylation sites (tertiary alicyclic amines) is 1. The normalized spacial score (nSPS) is 34.0. The van der Waals surface area contributed by atoms with Gasteiger partial charge >= 0.3 is 0 Å². The number of phenols is 1. The number of piperidine rings is 1. The predicted molar refractivity (Wildman–Crippen MR) is 129 cm³/mol. The van der Waals surface area contributed by atoms with Crippen LogP contribution >= 0.6 is 0 Å². The van der Waals surface area contributed by atoms with Gasteiger partial charge < -0.3 is 19.5 Å². The summed E-state index contributed by atoms with van der Waals surface area (Å²) in [5.74, 6) is 1.68. The van der Waals surface area contributed by atoms with Crippen LogP contribution in [0.5, 0.6) is 11.5 Å². The molecule has 178 valence electrons. The first-order chi connectivity index (χ1) is 17.0. The quantitative estimate of drug-likeness (QED) is 0.601. The molecule has 4 atom stereocenters. The number of fused-ring (bicyclic) bond motifs is 4. The van der Waals surface area contributed by atoms with Crippen LogP contribution in [0.2, 0.25) is 0 Å². The number of ether oxygens (including phenoxy) is 1. The predicted octanol–water partition coefficient (Wildman–Crippen LogP) is 3.63. The summed E-state index contributed by atoms with van der Waals surface area (Å²) >= 11 is 0. The number of carbonyl (C=O) groups is 1. The molecule has 1 saturated carbocycles. The molecule has 4 heterocycles. The van der Waals surface area contributed by atoms with Gasteiger partial charge in [0.1, 0.15) is 0 Å². The number of benzene rings is 2. The number of hydrogen-bond acceptors (Lipinski definition) is 5. The largest absolute Gasteiger partial charge is 0.504 e. The Bertz CT molecular complexity index is 1500. The Labute approximate surface area is 203 Å². The smallest absolute Gasteiger partial charge is 0.166 e. The van der Waals surface area contributed by atoms with Gasteiger partial charge in [-0.2, -0.15) is 0 Å². The summed E-state index contributed by atoms with van der Waals surface area (Å²) < 4.78 is 9.07. The first kappa shape index (κ1) is 19.4. The van der Waals surface area contributed by atoms with Crippen LogP contribution < -0.4 is 4.74 Å². The van der Waals surface area contributed by atoms with E-state index in [1.807, 2.05) is 12.1 Å². The van der Waals surface area contributed by atoms with E-state index in [9.17, 15) is 15.0 Å². The molecule has 3 aliphatic heterocycles. The highest BCUT2D eigenvalue weighted by molar-refractivity contribution is 6.09. The number of para-hydroxylation sites is 1. The van der Waals surface area contributed by atoms with Crippen LogP contribution in [0.1, 0.15) is 64.5 Å². The summed E-state index contributed by atoms with van der Waals surface area (Å²) in [4.78, 5) is 15.4. The molecular weight excluding hydrogens is 440 g/mol. The standard InChI is InChI=1S/C29H28N2O4/c32-20-8-10-31-24-17(2-1-3-18(20)24)19-13-29(34)22-12-16-6-7-21(33)26-23(16)28(29,27(35-26)25(19)31)9-11-30(22)14-15-4-5-15/h1-3,6-7,15,22,27,33-34H,4-5,8-14H2/t22-,27+,28+,29-/m1/s1. The SMILES string of the molecule is O=C1CCn2c3c(c4cccc1c42)C[C@@]1(O)[C@H]2Cc4ccc(O)c5c4[C@@]1(CCN2CC1CC1)[C@H]3O5. The van der Waals surface area contributed by atoms with Crippen molar-refractivity contribution in [3.8, 4) is 11.5 Å². The molecule has 1 saturated heterocycles. The van der Waals surface area contributed by atoms with Gasteiger partial charge in [0.2, 0.25) is 0 Å². The third kappa shape index (κ3) is 2.03. The molecule has 2 aromatic carbocycles. The van der Waals surface area contributed by atoms with Gasteiger partial charge in [-0.05, 0) is 61.4 Å². The fourth-order valence-electron chi connectivity index (χ4n) is 8.71. The maximum atomic E-state index is 13.0. The van der Waals surface area contributed by atoms with Gasteiger partial charge in [0.15, 0.2) is 23.4 Å². The zero-order chi connectivity index (χ0) is 23.3. The number of rotatable bonds is 2. The lowest BCUT2D eigenvalue weighted by Crippen LogP contribution is -2.74. The van der Waals surface area contributed by atoms with E-state index in [2.05, 4.69) is 21.6 Å². The van der Waals surface area contributed by atoms with Gasteiger partial charge in [-0.15, -0.1) is 0 Å². The Morgan fingerprint density at radius 1 is 1.14 bits per heavy atom. The molecular formula is C29H28N2O4. The van der Waals surface area contributed by atoms with Gasteiger partial charge in [-0.25, -0.2) is 0 Å². The third-order valence-corrected chi connectivity index (χ3v) is 10.3. The van der Waals surface area contributed by atoms with Gasteiger partial charge in [0, 0.05) is 48.5 Å². The summed E-state index contributed by atoms with van der Waals surface area (Å²) in [5, 5.41) is 24.9. The number of aliphatic hydroxyl groups is 1. The number of aromatic nitrogens is 1. The van der Waals surface area contributed by atoms with Crippen molar-refractivity contribution in [2.45, 2.75) is 68.2 Å². The van der Waals surface area contributed by atoms with E-state index in [-0.39, 0.29) is 23.7 Å². The highest BCUT2D eigenvalue weighted by atomic mass is 16.5. The average Bonchev–Trinajstić information content (AvgIpc) is 3.52. The summed E-state index contributed by atoms with van der Waals surface area (Å²) in [6, 6.07) is 9.88. The number of phenolic OH excluding ortho intramolecular Hbond substituents is 1. The highest BCUT2D eigenvalue weighted by Gasteiger charge is 2.73. The first-order valence-corrected chi connectivity index (χ1v) is 13.2. The van der Waals surface area contributed by atoms with Crippen LogP contribution in [0.3, 0.4) is 0 Å². The van der Waals surface area contributed by atoms with Crippen molar-refractivity contribution in [1.29, 1.82) is 0 Å². The molecule has 0 unspecified atom stereocenters. The van der Waals surface area contributed by atoms with Crippen LogP contribution in [0.4, 0.5) is 0 Å². The molecule has 35 heavy (non-hydrogen) atoms. The second-order valence-corrected chi connectivity index (χ2v) is 11.8. The summed E-state index contributed by atoms with van der Waals surface area (Å²) in [6.45, 7) is 2.64. The fraction of sp³-hybridized carbons (Fsp3) is 0.483. The van der Waals surface area contributed by atoms with Crippen molar-refractivity contribution in [1.82, 2.24) is 9.47 Å². The maximum absolute atomic E-state index is 13.0. The number of carbonyl (C=O) groups excluding carboxylic acids is 1. The molecule has 3 aliphatic carbocycles. The third-order valence-electron chi connectivity index (χ3n) is 10.3. The van der Waals surface area contributed by atoms with E-state index in [0.717, 1.165) is 65.1 Å². The molecule has 1 spiro atoms. The van der Waals surface area contributed by atoms with Gasteiger partial charge in [0.05, 0.1) is 22.2 Å². The minimum absolute atomic E-state index is 0.0208. The van der Waals surface area contributed by atoms with E-state index in [4.69, 9.17) is 4.74 Å². The monoisotopic (exact) mass is 468 g/mol. The topological polar surface area (TPSA) is 74.9 Å². The molecule has 3 aromatic rings. The molecule has 2 fully saturated rings. The number of hydrogen-bond donors (Lipinski definition) is 2. The van der Waals surface area contributed by atoms with E-state index in [0.29, 0.717) is 25.1 Å². The minimum atomic E-state index is -0.989. The Hall–Kier alpha value is -2.83. The second-order valence-electron chi connectivity index (χ2n) is 11.8. The van der Waals surface area contributed by atoms with Crippen molar-refractivity contribution in [2.75, 3.05) is 13.1 Å². The van der Waals surface area contributed by atoms with E-state index >= 15 is 0 Å². The van der Waals surface area contributed by atoms with Crippen LogP contribution in [0.25, 0.3) is 10.9 Å². The Morgan fingerprint density at radius 3 is 2.89 bits per heavy atom. The summed E-state index contributed by atoms with van der Waals surface area (Å²) in [7, 11) is 0. The summed E-state index contributed by atoms with van der Waals surface area (Å²) in [5.41, 5.74) is 4.72. The number of Topliss-reactive ketones (excluding diaryl/α,β-unsaturated/α-hetero) is 1. The minimum Gasteiger partial charge on any atom is -0.504 e. The number of aromatic hydroxyl groups is 1. The zero-order valence-corrected chi connectivity index (χ0v) is 19.6. The van der Waals surface area contributed by atoms with Crippen molar-refractivity contribution in [2.24, 2.45) is 5.92 Å². The molecule has 2 bridgehead atoms. The highest BCUT2D eigenvalue weighted by Crippen LogP contribution is 2.69. The number of ketones is 1. The van der Waals surface area contributed by atoms with Crippen molar-refractivity contribution in [3.05, 3.63) is 58.3 Å². The fourth-order valence-corrected chi connectivity index (χ4v) is 8.71. The molecule has 0 radical (unpaired) electrons. The maximum Gasteiger partial charge on any atom is 0.166 e. The lowest BCUT2D eigenvalue weighted by atomic mass is 9.49. The van der Waals surface area contributed by atoms with Gasteiger partial charge in [-0.3, -0.25) is 9.69 Å². The molecule has 6 heteroatoms. The van der Waals surface area contributed by atoms with Crippen LogP contribution in [0.15, 0.2) is 30.3 Å². The molecule has 1 aromatic heterocycles. The first-order valence-electron chi connectivity index (χ1n) is 13.2. The van der Waals surface area contributed by atoms with E-state index < -0.39 is 11.0 Å². The van der Waals surface area contributed by atoms with Crippen LogP contribution in [0, 0.1) is 5.92 Å². The number of nitrogens with zero attached hydrogens (tertiary/aromatic N) is 2. The average molecular weight is 469 g/mol. The molecule has 6 aliphatic rings. The van der Waals surface area contributed by atoms with E-state index in [1.165, 1.54) is 18.4 Å². The van der Waals surface area contributed by atoms with Crippen molar-refractivity contribution in [3.63, 3.8) is 0 Å². The molecule has 0 amide bonds. The van der Waals surface area contributed by atoms with Gasteiger partial charge in [0.25, 0.3) is 0 Å². The lowest BCUT2D eigenvalue weighted by Gasteiger charge is -2.63. The number of aryl methyl sites for hydroxylation is 1.